The van der Waals surface area contributed by atoms with Crippen molar-refractivity contribution in [3.05, 3.63) is 36.2 Å². The summed E-state index contributed by atoms with van der Waals surface area (Å²) in [5, 5.41) is 0. The van der Waals surface area contributed by atoms with Crippen LogP contribution in [-0.4, -0.2) is 60.8 Å². The quantitative estimate of drug-likeness (QED) is 0.788. The smallest absolute Gasteiger partial charge is 0.227 e. The van der Waals surface area contributed by atoms with Gasteiger partial charge in [0.15, 0.2) is 11.5 Å². The molecule has 0 N–H and O–H groups in total. The zero-order valence-electron chi connectivity index (χ0n) is 15.6. The minimum atomic E-state index is 0.135. The molecule has 2 heterocycles. The van der Waals surface area contributed by atoms with Gasteiger partial charge in [0.05, 0.1) is 20.6 Å². The number of ether oxygens (including phenoxy) is 2. The van der Waals surface area contributed by atoms with Crippen molar-refractivity contribution in [2.75, 3.05) is 45.3 Å². The zero-order chi connectivity index (χ0) is 18.5. The highest BCUT2D eigenvalue weighted by Crippen LogP contribution is 2.28. The van der Waals surface area contributed by atoms with Gasteiger partial charge < -0.3 is 23.8 Å². The van der Waals surface area contributed by atoms with Crippen LogP contribution >= 0.6 is 0 Å². The molecule has 26 heavy (non-hydrogen) atoms. The van der Waals surface area contributed by atoms with Crippen molar-refractivity contribution in [3.8, 4) is 11.5 Å². The van der Waals surface area contributed by atoms with E-state index in [0.29, 0.717) is 31.0 Å². The minimum absolute atomic E-state index is 0.135. The molecule has 7 nitrogen and oxygen atoms in total. The van der Waals surface area contributed by atoms with Crippen molar-refractivity contribution in [2.24, 2.45) is 0 Å². The highest BCUT2D eigenvalue weighted by molar-refractivity contribution is 5.79. The second kappa shape index (κ2) is 8.12. The molecule has 1 aromatic carbocycles. The highest BCUT2D eigenvalue weighted by Gasteiger charge is 2.23. The van der Waals surface area contributed by atoms with E-state index in [1.165, 1.54) is 0 Å². The lowest BCUT2D eigenvalue weighted by molar-refractivity contribution is -0.130. The van der Waals surface area contributed by atoms with Crippen LogP contribution in [0.15, 0.2) is 30.6 Å². The Morgan fingerprint density at radius 1 is 1.12 bits per heavy atom. The molecule has 0 atom stereocenters. The number of hydrogen-bond donors (Lipinski definition) is 0. The van der Waals surface area contributed by atoms with Gasteiger partial charge >= 0.3 is 0 Å². The third kappa shape index (κ3) is 3.76. The summed E-state index contributed by atoms with van der Waals surface area (Å²) in [6.45, 7) is 6.02. The van der Waals surface area contributed by atoms with E-state index in [2.05, 4.69) is 21.4 Å². The Hall–Kier alpha value is -2.70. The first-order valence-corrected chi connectivity index (χ1v) is 8.91. The van der Waals surface area contributed by atoms with Gasteiger partial charge in [-0.3, -0.25) is 4.79 Å². The molecule has 0 aliphatic carbocycles. The van der Waals surface area contributed by atoms with E-state index < -0.39 is 0 Å². The predicted octanol–water partition coefficient (Wildman–Crippen LogP) is 1.81. The average molecular weight is 358 g/mol. The second-order valence-corrected chi connectivity index (χ2v) is 6.25. The molecule has 0 bridgehead atoms. The van der Waals surface area contributed by atoms with Crippen LogP contribution in [0.5, 0.6) is 11.5 Å². The van der Waals surface area contributed by atoms with Gasteiger partial charge in [0, 0.05) is 45.1 Å². The SMILES string of the molecule is CCn1ccnc1N1CCN(C(=O)Cc2ccc(OC)c(OC)c2)CC1. The molecule has 7 heteroatoms. The van der Waals surface area contributed by atoms with Gasteiger partial charge in [0.25, 0.3) is 0 Å². The number of carbonyl (C=O) groups is 1. The molecular formula is C19H26N4O3. The maximum atomic E-state index is 12.7. The summed E-state index contributed by atoms with van der Waals surface area (Å²) in [4.78, 5) is 21.3. The van der Waals surface area contributed by atoms with Crippen molar-refractivity contribution >= 4 is 11.9 Å². The summed E-state index contributed by atoms with van der Waals surface area (Å²) < 4.78 is 12.7. The van der Waals surface area contributed by atoms with Crippen molar-refractivity contribution in [1.29, 1.82) is 0 Å². The Kier molecular flexibility index (Phi) is 5.65. The minimum Gasteiger partial charge on any atom is -0.493 e. The van der Waals surface area contributed by atoms with Crippen LogP contribution < -0.4 is 14.4 Å². The first-order valence-electron chi connectivity index (χ1n) is 8.91. The Balaban J connectivity index is 1.59. The van der Waals surface area contributed by atoms with Crippen LogP contribution in [0, 0.1) is 0 Å². The molecule has 0 radical (unpaired) electrons. The third-order valence-corrected chi connectivity index (χ3v) is 4.75. The van der Waals surface area contributed by atoms with E-state index in [4.69, 9.17) is 9.47 Å². The number of hydrogen-bond acceptors (Lipinski definition) is 5. The lowest BCUT2D eigenvalue weighted by atomic mass is 10.1. The van der Waals surface area contributed by atoms with Crippen molar-refractivity contribution < 1.29 is 14.3 Å². The number of nitrogens with zero attached hydrogens (tertiary/aromatic N) is 4. The van der Waals surface area contributed by atoms with E-state index in [0.717, 1.165) is 31.1 Å². The van der Waals surface area contributed by atoms with Crippen LogP contribution in [0.25, 0.3) is 0 Å². The van der Waals surface area contributed by atoms with Crippen LogP contribution in [0.3, 0.4) is 0 Å². The van der Waals surface area contributed by atoms with E-state index >= 15 is 0 Å². The number of aryl methyl sites for hydroxylation is 1. The van der Waals surface area contributed by atoms with Crippen LogP contribution in [0.2, 0.25) is 0 Å². The number of piperazine rings is 1. The first-order chi connectivity index (χ1) is 12.7. The molecular weight excluding hydrogens is 332 g/mol. The summed E-state index contributed by atoms with van der Waals surface area (Å²) in [6, 6.07) is 5.61. The number of benzene rings is 1. The molecule has 1 aromatic heterocycles. The van der Waals surface area contributed by atoms with Gasteiger partial charge in [0.2, 0.25) is 11.9 Å². The number of imidazole rings is 1. The molecule has 1 saturated heterocycles. The normalized spacial score (nSPS) is 14.4. The summed E-state index contributed by atoms with van der Waals surface area (Å²) in [5.74, 6) is 2.44. The molecule has 1 aliphatic rings. The standard InChI is InChI=1S/C19H26N4O3/c1-4-21-8-7-20-19(21)23-11-9-22(10-12-23)18(24)14-15-5-6-16(25-2)17(13-15)26-3/h5-8,13H,4,9-12,14H2,1-3H3. The van der Waals surface area contributed by atoms with Gasteiger partial charge in [-0.05, 0) is 24.6 Å². The molecule has 0 saturated carbocycles. The Bertz CT molecular complexity index is 751. The molecule has 1 fully saturated rings. The Morgan fingerprint density at radius 2 is 1.85 bits per heavy atom. The lowest BCUT2D eigenvalue weighted by Crippen LogP contribution is -2.49. The molecule has 3 rings (SSSR count). The van der Waals surface area contributed by atoms with E-state index in [1.807, 2.05) is 35.5 Å². The maximum absolute atomic E-state index is 12.7. The monoisotopic (exact) mass is 358 g/mol. The van der Waals surface area contributed by atoms with Gasteiger partial charge in [-0.15, -0.1) is 0 Å². The summed E-state index contributed by atoms with van der Waals surface area (Å²) >= 11 is 0. The Labute approximate surface area is 154 Å². The number of rotatable bonds is 6. The molecule has 140 valence electrons. The van der Waals surface area contributed by atoms with E-state index in [9.17, 15) is 4.79 Å². The van der Waals surface area contributed by atoms with Crippen LogP contribution in [0.1, 0.15) is 12.5 Å². The number of methoxy groups -OCH3 is 2. The number of aromatic nitrogens is 2. The number of amides is 1. The Morgan fingerprint density at radius 3 is 2.50 bits per heavy atom. The number of carbonyl (C=O) groups excluding carboxylic acids is 1. The van der Waals surface area contributed by atoms with E-state index in [1.54, 1.807) is 14.2 Å². The zero-order valence-corrected chi connectivity index (χ0v) is 15.6. The molecule has 2 aromatic rings. The molecule has 1 aliphatic heterocycles. The van der Waals surface area contributed by atoms with Crippen molar-refractivity contribution in [3.63, 3.8) is 0 Å². The summed E-state index contributed by atoms with van der Waals surface area (Å²) in [7, 11) is 3.20. The molecule has 0 spiro atoms. The fourth-order valence-corrected chi connectivity index (χ4v) is 3.26. The summed E-state index contributed by atoms with van der Waals surface area (Å²) in [5.41, 5.74) is 0.927. The highest BCUT2D eigenvalue weighted by atomic mass is 16.5. The number of anilines is 1. The third-order valence-electron chi connectivity index (χ3n) is 4.75. The lowest BCUT2D eigenvalue weighted by Gasteiger charge is -2.35. The van der Waals surface area contributed by atoms with Crippen LogP contribution in [-0.2, 0) is 17.8 Å². The largest absolute Gasteiger partial charge is 0.493 e. The van der Waals surface area contributed by atoms with Gasteiger partial charge in [0.1, 0.15) is 0 Å². The topological polar surface area (TPSA) is 59.8 Å². The van der Waals surface area contributed by atoms with Gasteiger partial charge in [-0.1, -0.05) is 6.07 Å². The van der Waals surface area contributed by atoms with Crippen molar-refractivity contribution in [2.45, 2.75) is 19.9 Å². The predicted molar refractivity (Wildman–Crippen MR) is 99.9 cm³/mol. The fourth-order valence-electron chi connectivity index (χ4n) is 3.26. The van der Waals surface area contributed by atoms with Gasteiger partial charge in [-0.25, -0.2) is 4.98 Å². The molecule has 1 amide bonds. The first kappa shape index (κ1) is 18.1. The fraction of sp³-hybridized carbons (Fsp3) is 0.474. The average Bonchev–Trinajstić information content (AvgIpc) is 3.16. The van der Waals surface area contributed by atoms with Crippen LogP contribution in [0.4, 0.5) is 5.95 Å². The maximum Gasteiger partial charge on any atom is 0.227 e. The van der Waals surface area contributed by atoms with Gasteiger partial charge in [-0.2, -0.15) is 0 Å². The van der Waals surface area contributed by atoms with E-state index in [-0.39, 0.29) is 5.91 Å². The second-order valence-electron chi connectivity index (χ2n) is 6.25. The molecule has 0 unspecified atom stereocenters. The summed E-state index contributed by atoms with van der Waals surface area (Å²) in [6.07, 6.45) is 4.18. The van der Waals surface area contributed by atoms with Crippen molar-refractivity contribution in [1.82, 2.24) is 14.5 Å².